The molecule has 6 heteroatoms. The van der Waals surface area contributed by atoms with Crippen LogP contribution in [0.2, 0.25) is 0 Å². The van der Waals surface area contributed by atoms with Gasteiger partial charge in [-0.3, -0.25) is 14.4 Å². The van der Waals surface area contributed by atoms with E-state index >= 15 is 0 Å². The normalized spacial score (nSPS) is 10.5. The minimum absolute atomic E-state index is 0.117. The van der Waals surface area contributed by atoms with Crippen molar-refractivity contribution in [3.63, 3.8) is 0 Å². The molecule has 0 aliphatic carbocycles. The van der Waals surface area contributed by atoms with Gasteiger partial charge < -0.3 is 16.0 Å². The molecule has 0 fully saturated rings. The molecule has 4 rings (SSSR count). The van der Waals surface area contributed by atoms with Crippen molar-refractivity contribution >= 4 is 29.0 Å². The molecule has 0 spiro atoms. The number of rotatable bonds is 10. The third-order valence-electron chi connectivity index (χ3n) is 5.80. The van der Waals surface area contributed by atoms with Gasteiger partial charge in [-0.15, -0.1) is 0 Å². The van der Waals surface area contributed by atoms with Crippen LogP contribution >= 0.6 is 0 Å². The first-order valence-corrected chi connectivity index (χ1v) is 12.1. The molecule has 3 N–H and O–H groups in total. The van der Waals surface area contributed by atoms with Crippen molar-refractivity contribution in [2.24, 2.45) is 0 Å². The van der Waals surface area contributed by atoms with Gasteiger partial charge in [0.25, 0.3) is 0 Å². The van der Waals surface area contributed by atoms with Crippen LogP contribution in [0.1, 0.15) is 32.6 Å². The van der Waals surface area contributed by atoms with Crippen molar-refractivity contribution in [3.8, 4) is 0 Å². The van der Waals surface area contributed by atoms with Crippen LogP contribution in [0.15, 0.2) is 103 Å². The maximum Gasteiger partial charge on any atom is 0.238 e. The maximum atomic E-state index is 13.3. The molecule has 0 radical (unpaired) electrons. The Morgan fingerprint density at radius 3 is 2.05 bits per heavy atom. The Morgan fingerprint density at radius 1 is 0.676 bits per heavy atom. The summed E-state index contributed by atoms with van der Waals surface area (Å²) in [5, 5.41) is 8.82. The largest absolute Gasteiger partial charge is 0.325 e. The lowest BCUT2D eigenvalue weighted by Gasteiger charge is -2.14. The van der Waals surface area contributed by atoms with Crippen molar-refractivity contribution in [2.45, 2.75) is 19.9 Å². The number of benzene rings is 4. The summed E-state index contributed by atoms with van der Waals surface area (Å²) in [5.41, 5.74) is 4.74. The molecular weight excluding hydrogens is 462 g/mol. The second-order valence-corrected chi connectivity index (χ2v) is 8.80. The van der Waals surface area contributed by atoms with E-state index in [1.165, 1.54) is 0 Å². The molecule has 0 heterocycles. The van der Waals surface area contributed by atoms with E-state index in [0.717, 1.165) is 16.7 Å². The Morgan fingerprint density at radius 2 is 1.35 bits per heavy atom. The maximum absolute atomic E-state index is 13.3. The Labute approximate surface area is 216 Å². The predicted molar refractivity (Wildman–Crippen MR) is 147 cm³/mol. The van der Waals surface area contributed by atoms with Gasteiger partial charge in [0.15, 0.2) is 5.78 Å². The molecule has 0 atom stereocenters. The van der Waals surface area contributed by atoms with Gasteiger partial charge in [-0.2, -0.15) is 0 Å². The molecule has 0 aromatic heterocycles. The summed E-state index contributed by atoms with van der Waals surface area (Å²) in [6, 6.07) is 31.3. The van der Waals surface area contributed by atoms with Crippen LogP contribution in [0, 0.1) is 6.92 Å². The Bertz CT molecular complexity index is 1370. The summed E-state index contributed by atoms with van der Waals surface area (Å²) in [6.45, 7) is 2.68. The molecule has 186 valence electrons. The highest BCUT2D eigenvalue weighted by atomic mass is 16.2. The zero-order chi connectivity index (χ0) is 26.0. The predicted octanol–water partition coefficient (Wildman–Crippen LogP) is 5.14. The minimum atomic E-state index is -0.246. The molecule has 0 aliphatic rings. The lowest BCUT2D eigenvalue weighted by atomic mass is 10.0. The average molecular weight is 492 g/mol. The van der Waals surface area contributed by atoms with E-state index in [1.807, 2.05) is 67.6 Å². The number of amides is 2. The molecule has 2 amide bonds. The lowest BCUT2D eigenvalue weighted by Crippen LogP contribution is -2.27. The van der Waals surface area contributed by atoms with E-state index in [9.17, 15) is 14.4 Å². The fourth-order valence-electron chi connectivity index (χ4n) is 3.87. The smallest absolute Gasteiger partial charge is 0.238 e. The SMILES string of the molecule is Cc1ccc(CC(=O)Nc2ccc(NC(=O)CNCc3ccccc3)cc2C(=O)c2ccccc2)cc1. The van der Waals surface area contributed by atoms with Crippen LogP contribution in [0.25, 0.3) is 0 Å². The molecular formula is C31H29N3O3. The van der Waals surface area contributed by atoms with Crippen LogP contribution in [-0.4, -0.2) is 24.1 Å². The minimum Gasteiger partial charge on any atom is -0.325 e. The number of ketones is 1. The summed E-state index contributed by atoms with van der Waals surface area (Å²) in [5.74, 6) is -0.706. The van der Waals surface area contributed by atoms with Gasteiger partial charge in [0.05, 0.1) is 18.7 Å². The van der Waals surface area contributed by atoms with Crippen molar-refractivity contribution in [3.05, 3.63) is 131 Å². The van der Waals surface area contributed by atoms with E-state index in [0.29, 0.717) is 29.0 Å². The van der Waals surface area contributed by atoms with E-state index in [1.54, 1.807) is 42.5 Å². The number of hydrogen-bond acceptors (Lipinski definition) is 4. The summed E-state index contributed by atoms with van der Waals surface area (Å²) in [6.07, 6.45) is 0.185. The molecule has 0 unspecified atom stereocenters. The van der Waals surface area contributed by atoms with Gasteiger partial charge >= 0.3 is 0 Å². The molecule has 0 bridgehead atoms. The first-order chi connectivity index (χ1) is 18.0. The van der Waals surface area contributed by atoms with Gasteiger partial charge in [-0.25, -0.2) is 0 Å². The quantitative estimate of drug-likeness (QED) is 0.268. The molecule has 4 aromatic carbocycles. The highest BCUT2D eigenvalue weighted by Gasteiger charge is 2.17. The fraction of sp³-hybridized carbons (Fsp3) is 0.129. The second kappa shape index (κ2) is 12.4. The van der Waals surface area contributed by atoms with Crippen LogP contribution in [0.5, 0.6) is 0 Å². The zero-order valence-corrected chi connectivity index (χ0v) is 20.7. The van der Waals surface area contributed by atoms with E-state index < -0.39 is 0 Å². The highest BCUT2D eigenvalue weighted by molar-refractivity contribution is 6.14. The van der Waals surface area contributed by atoms with E-state index in [2.05, 4.69) is 16.0 Å². The fourth-order valence-corrected chi connectivity index (χ4v) is 3.87. The van der Waals surface area contributed by atoms with Gasteiger partial charge in [0.1, 0.15) is 0 Å². The Balaban J connectivity index is 1.47. The van der Waals surface area contributed by atoms with Gasteiger partial charge in [-0.05, 0) is 36.2 Å². The number of carbonyl (C=O) groups excluding carboxylic acids is 3. The van der Waals surface area contributed by atoms with Gasteiger partial charge in [-0.1, -0.05) is 90.5 Å². The first-order valence-electron chi connectivity index (χ1n) is 12.1. The summed E-state index contributed by atoms with van der Waals surface area (Å²) in [4.78, 5) is 38.6. The highest BCUT2D eigenvalue weighted by Crippen LogP contribution is 2.24. The number of carbonyl (C=O) groups is 3. The van der Waals surface area contributed by atoms with Crippen molar-refractivity contribution in [1.82, 2.24) is 5.32 Å². The number of hydrogen-bond donors (Lipinski definition) is 3. The van der Waals surface area contributed by atoms with Crippen molar-refractivity contribution in [1.29, 1.82) is 0 Å². The standard InChI is InChI=1S/C31H29N3O3/c1-22-12-14-23(15-13-22)18-29(35)34-28-17-16-26(19-27(28)31(37)25-10-6-3-7-11-25)33-30(36)21-32-20-24-8-4-2-5-9-24/h2-17,19,32H,18,20-21H2,1H3,(H,33,36)(H,34,35). The molecule has 0 saturated carbocycles. The summed E-state index contributed by atoms with van der Waals surface area (Å²) >= 11 is 0. The van der Waals surface area contributed by atoms with E-state index in [-0.39, 0.29) is 30.6 Å². The monoisotopic (exact) mass is 491 g/mol. The van der Waals surface area contributed by atoms with Gasteiger partial charge in [0, 0.05) is 23.4 Å². The van der Waals surface area contributed by atoms with Crippen LogP contribution in [-0.2, 0) is 22.6 Å². The number of anilines is 2. The molecule has 0 saturated heterocycles. The number of aryl methyl sites for hydroxylation is 1. The second-order valence-electron chi connectivity index (χ2n) is 8.80. The van der Waals surface area contributed by atoms with Crippen molar-refractivity contribution in [2.75, 3.05) is 17.2 Å². The molecule has 4 aromatic rings. The number of nitrogens with one attached hydrogen (secondary N) is 3. The Hall–Kier alpha value is -4.55. The lowest BCUT2D eigenvalue weighted by molar-refractivity contribution is -0.116. The molecule has 0 aliphatic heterocycles. The Kier molecular flexibility index (Phi) is 8.57. The average Bonchev–Trinajstić information content (AvgIpc) is 2.91. The first kappa shape index (κ1) is 25.5. The summed E-state index contributed by atoms with van der Waals surface area (Å²) < 4.78 is 0. The summed E-state index contributed by atoms with van der Waals surface area (Å²) in [7, 11) is 0. The van der Waals surface area contributed by atoms with Gasteiger partial charge in [0.2, 0.25) is 11.8 Å². The topological polar surface area (TPSA) is 87.3 Å². The van der Waals surface area contributed by atoms with Crippen LogP contribution in [0.4, 0.5) is 11.4 Å². The molecule has 6 nitrogen and oxygen atoms in total. The van der Waals surface area contributed by atoms with Crippen molar-refractivity contribution < 1.29 is 14.4 Å². The third-order valence-corrected chi connectivity index (χ3v) is 5.80. The third kappa shape index (κ3) is 7.46. The zero-order valence-electron chi connectivity index (χ0n) is 20.7. The molecule has 37 heavy (non-hydrogen) atoms. The van der Waals surface area contributed by atoms with E-state index in [4.69, 9.17) is 0 Å². The van der Waals surface area contributed by atoms with Crippen LogP contribution in [0.3, 0.4) is 0 Å². The van der Waals surface area contributed by atoms with Crippen LogP contribution < -0.4 is 16.0 Å².